The standard InChI is InChI=1S/C17H28N4O2S.HI/c1-18-16(19-12-13-21-24(2,22)23)20-14-17(10-6-7-11-17)15-8-4-3-5-9-15;/h3-5,8-9,21H,6-7,10-14H2,1-2H3,(H2,18,19,20);1H. The number of hydrogen-bond acceptors (Lipinski definition) is 3. The Morgan fingerprint density at radius 3 is 2.32 bits per heavy atom. The lowest BCUT2D eigenvalue weighted by molar-refractivity contribution is 0.432. The Kier molecular flexibility index (Phi) is 9.15. The van der Waals surface area contributed by atoms with Gasteiger partial charge in [0.2, 0.25) is 10.0 Å². The van der Waals surface area contributed by atoms with Crippen LogP contribution in [0.2, 0.25) is 0 Å². The third kappa shape index (κ3) is 7.10. The van der Waals surface area contributed by atoms with Crippen LogP contribution in [-0.2, 0) is 15.4 Å². The summed E-state index contributed by atoms with van der Waals surface area (Å²) >= 11 is 0. The minimum atomic E-state index is -3.15. The zero-order valence-electron chi connectivity index (χ0n) is 14.9. The van der Waals surface area contributed by atoms with Gasteiger partial charge in [-0.25, -0.2) is 13.1 Å². The third-order valence-corrected chi connectivity index (χ3v) is 5.27. The molecule has 2 rings (SSSR count). The van der Waals surface area contributed by atoms with Gasteiger partial charge >= 0.3 is 0 Å². The van der Waals surface area contributed by atoms with Crippen molar-refractivity contribution in [3.8, 4) is 0 Å². The quantitative estimate of drug-likeness (QED) is 0.241. The molecule has 6 nitrogen and oxygen atoms in total. The molecule has 1 saturated carbocycles. The topological polar surface area (TPSA) is 82.6 Å². The molecule has 0 heterocycles. The monoisotopic (exact) mass is 480 g/mol. The molecular formula is C17H29IN4O2S. The lowest BCUT2D eigenvalue weighted by Gasteiger charge is -2.30. The Morgan fingerprint density at radius 2 is 1.76 bits per heavy atom. The summed E-state index contributed by atoms with van der Waals surface area (Å²) < 4.78 is 24.6. The summed E-state index contributed by atoms with van der Waals surface area (Å²) in [4.78, 5) is 4.22. The van der Waals surface area contributed by atoms with Crippen molar-refractivity contribution in [2.24, 2.45) is 4.99 Å². The SMILES string of the molecule is CN=C(NCCNS(C)(=O)=O)NCC1(c2ccccc2)CCCC1.I. The van der Waals surface area contributed by atoms with E-state index in [4.69, 9.17) is 0 Å². The van der Waals surface area contributed by atoms with Gasteiger partial charge in [-0.15, -0.1) is 24.0 Å². The van der Waals surface area contributed by atoms with Crippen LogP contribution in [0.3, 0.4) is 0 Å². The summed E-state index contributed by atoms with van der Waals surface area (Å²) in [5, 5.41) is 6.56. The van der Waals surface area contributed by atoms with Gasteiger partial charge in [-0.3, -0.25) is 4.99 Å². The lowest BCUT2D eigenvalue weighted by Crippen LogP contribution is -2.46. The van der Waals surface area contributed by atoms with Crippen LogP contribution in [0, 0.1) is 0 Å². The predicted octanol–water partition coefficient (Wildman–Crippen LogP) is 1.83. The fourth-order valence-corrected chi connectivity index (χ4v) is 3.77. The van der Waals surface area contributed by atoms with E-state index in [-0.39, 0.29) is 29.4 Å². The highest BCUT2D eigenvalue weighted by Crippen LogP contribution is 2.40. The average molecular weight is 480 g/mol. The van der Waals surface area contributed by atoms with E-state index in [9.17, 15) is 8.42 Å². The van der Waals surface area contributed by atoms with Crippen molar-refractivity contribution in [3.05, 3.63) is 35.9 Å². The van der Waals surface area contributed by atoms with E-state index in [1.54, 1.807) is 7.05 Å². The van der Waals surface area contributed by atoms with Crippen molar-refractivity contribution in [1.82, 2.24) is 15.4 Å². The van der Waals surface area contributed by atoms with Crippen LogP contribution in [0.15, 0.2) is 35.3 Å². The number of rotatable bonds is 7. The van der Waals surface area contributed by atoms with Crippen LogP contribution in [0.5, 0.6) is 0 Å². The van der Waals surface area contributed by atoms with Crippen LogP contribution in [0.4, 0.5) is 0 Å². The van der Waals surface area contributed by atoms with Gasteiger partial charge in [-0.05, 0) is 18.4 Å². The Morgan fingerprint density at radius 1 is 1.12 bits per heavy atom. The molecule has 0 spiro atoms. The third-order valence-electron chi connectivity index (χ3n) is 4.55. The summed E-state index contributed by atoms with van der Waals surface area (Å²) in [6, 6.07) is 10.7. The molecule has 1 aromatic rings. The molecule has 0 radical (unpaired) electrons. The first-order chi connectivity index (χ1) is 11.5. The summed E-state index contributed by atoms with van der Waals surface area (Å²) in [5.41, 5.74) is 1.54. The van der Waals surface area contributed by atoms with Gasteiger partial charge in [0.05, 0.1) is 6.26 Å². The first-order valence-corrected chi connectivity index (χ1v) is 10.3. The highest BCUT2D eigenvalue weighted by Gasteiger charge is 2.35. The highest BCUT2D eigenvalue weighted by atomic mass is 127. The van der Waals surface area contributed by atoms with E-state index in [1.165, 1.54) is 31.2 Å². The number of guanidine groups is 1. The van der Waals surface area contributed by atoms with E-state index in [0.29, 0.717) is 19.0 Å². The smallest absolute Gasteiger partial charge is 0.208 e. The van der Waals surface area contributed by atoms with Gasteiger partial charge in [-0.2, -0.15) is 0 Å². The minimum Gasteiger partial charge on any atom is -0.356 e. The van der Waals surface area contributed by atoms with Crippen molar-refractivity contribution in [2.45, 2.75) is 31.1 Å². The van der Waals surface area contributed by atoms with E-state index in [0.717, 1.165) is 12.8 Å². The molecule has 0 aromatic heterocycles. The summed E-state index contributed by atoms with van der Waals surface area (Å²) in [6.07, 6.45) is 6.01. The number of hydrogen-bond donors (Lipinski definition) is 3. The van der Waals surface area contributed by atoms with Crippen molar-refractivity contribution in [2.75, 3.05) is 32.9 Å². The summed E-state index contributed by atoms with van der Waals surface area (Å²) in [6.45, 7) is 1.66. The lowest BCUT2D eigenvalue weighted by atomic mass is 9.79. The van der Waals surface area contributed by atoms with Crippen LogP contribution in [0.1, 0.15) is 31.2 Å². The molecule has 3 N–H and O–H groups in total. The molecule has 0 bridgehead atoms. The second kappa shape index (κ2) is 10.3. The van der Waals surface area contributed by atoms with E-state index in [1.807, 2.05) is 0 Å². The van der Waals surface area contributed by atoms with Gasteiger partial charge in [0.15, 0.2) is 5.96 Å². The van der Waals surface area contributed by atoms with Crippen LogP contribution < -0.4 is 15.4 Å². The maximum atomic E-state index is 11.1. The van der Waals surface area contributed by atoms with Gasteiger partial charge in [0.1, 0.15) is 0 Å². The molecule has 25 heavy (non-hydrogen) atoms. The van der Waals surface area contributed by atoms with Crippen LogP contribution in [-0.4, -0.2) is 47.3 Å². The fraction of sp³-hybridized carbons (Fsp3) is 0.588. The maximum Gasteiger partial charge on any atom is 0.208 e. The second-order valence-electron chi connectivity index (χ2n) is 6.37. The number of nitrogens with zero attached hydrogens (tertiary/aromatic N) is 1. The molecular weight excluding hydrogens is 451 g/mol. The summed E-state index contributed by atoms with van der Waals surface area (Å²) in [7, 11) is -1.42. The zero-order valence-corrected chi connectivity index (χ0v) is 18.1. The Hall–Kier alpha value is -0.870. The van der Waals surface area contributed by atoms with Gasteiger partial charge < -0.3 is 10.6 Å². The van der Waals surface area contributed by atoms with Crippen LogP contribution >= 0.6 is 24.0 Å². The second-order valence-corrected chi connectivity index (χ2v) is 8.21. The molecule has 0 saturated heterocycles. The summed E-state index contributed by atoms with van der Waals surface area (Å²) in [5.74, 6) is 0.701. The fourth-order valence-electron chi connectivity index (χ4n) is 3.30. The number of sulfonamides is 1. The molecule has 0 atom stereocenters. The van der Waals surface area contributed by atoms with Gasteiger partial charge in [0.25, 0.3) is 0 Å². The maximum absolute atomic E-state index is 11.1. The average Bonchev–Trinajstić information content (AvgIpc) is 3.04. The number of aliphatic imine (C=N–C) groups is 1. The highest BCUT2D eigenvalue weighted by molar-refractivity contribution is 14.0. The Labute approximate surface area is 168 Å². The molecule has 8 heteroatoms. The molecule has 1 aliphatic carbocycles. The minimum absolute atomic E-state index is 0. The van der Waals surface area contributed by atoms with Gasteiger partial charge in [-0.1, -0.05) is 43.2 Å². The molecule has 0 amide bonds. The van der Waals surface area contributed by atoms with E-state index >= 15 is 0 Å². The normalized spacial score (nSPS) is 17.0. The first kappa shape index (κ1) is 22.2. The van der Waals surface area contributed by atoms with E-state index in [2.05, 4.69) is 50.7 Å². The number of benzene rings is 1. The van der Waals surface area contributed by atoms with Crippen molar-refractivity contribution in [3.63, 3.8) is 0 Å². The van der Waals surface area contributed by atoms with Crippen LogP contribution in [0.25, 0.3) is 0 Å². The van der Waals surface area contributed by atoms with Crippen molar-refractivity contribution in [1.29, 1.82) is 0 Å². The van der Waals surface area contributed by atoms with Gasteiger partial charge in [0, 0.05) is 32.1 Å². The van der Waals surface area contributed by atoms with Crippen molar-refractivity contribution >= 4 is 40.0 Å². The van der Waals surface area contributed by atoms with Crippen molar-refractivity contribution < 1.29 is 8.42 Å². The predicted molar refractivity (Wildman–Crippen MR) is 114 cm³/mol. The largest absolute Gasteiger partial charge is 0.356 e. The molecule has 142 valence electrons. The molecule has 1 aromatic carbocycles. The molecule has 1 fully saturated rings. The Balaban J connectivity index is 0.00000312. The zero-order chi connectivity index (χ0) is 17.5. The molecule has 0 unspecified atom stereocenters. The Bertz CT molecular complexity index is 644. The molecule has 0 aliphatic heterocycles. The number of halogens is 1. The first-order valence-electron chi connectivity index (χ1n) is 8.40. The molecule has 1 aliphatic rings. The van der Waals surface area contributed by atoms with E-state index < -0.39 is 10.0 Å². The number of nitrogens with one attached hydrogen (secondary N) is 3.